The van der Waals surface area contributed by atoms with E-state index in [1.54, 1.807) is 29.2 Å². The number of thioether (sulfide) groups is 1. The molecule has 0 unspecified atom stereocenters. The highest BCUT2D eigenvalue weighted by molar-refractivity contribution is 7.98. The number of aromatic hydroxyl groups is 1. The Hall–Kier alpha value is -1.52. The Balaban J connectivity index is 1.79. The summed E-state index contributed by atoms with van der Waals surface area (Å²) in [5.74, 6) is 1.13. The van der Waals surface area contributed by atoms with Gasteiger partial charge in [0, 0.05) is 4.90 Å². The second-order valence-electron chi connectivity index (χ2n) is 3.83. The summed E-state index contributed by atoms with van der Waals surface area (Å²) in [6.07, 6.45) is 0. The average Bonchev–Trinajstić information content (AvgIpc) is 2.80. The van der Waals surface area contributed by atoms with Crippen molar-refractivity contribution in [3.63, 3.8) is 0 Å². The molecule has 0 amide bonds. The first-order valence-corrected chi connectivity index (χ1v) is 7.38. The molecule has 0 saturated heterocycles. The van der Waals surface area contributed by atoms with Gasteiger partial charge in [0.2, 0.25) is 0 Å². The molecule has 0 aliphatic heterocycles. The van der Waals surface area contributed by atoms with Crippen molar-refractivity contribution in [2.24, 2.45) is 0 Å². The minimum absolute atomic E-state index is 0.337. The number of thiazole rings is 1. The maximum Gasteiger partial charge on any atom is 0.129 e. The molecular weight excluding hydrogens is 262 g/mol. The molecular formula is C14H11NOS2. The Morgan fingerprint density at radius 3 is 2.67 bits per heavy atom. The van der Waals surface area contributed by atoms with E-state index in [-0.39, 0.29) is 0 Å². The van der Waals surface area contributed by atoms with Crippen LogP contribution in [0.3, 0.4) is 0 Å². The van der Waals surface area contributed by atoms with Crippen molar-refractivity contribution in [3.8, 4) is 5.75 Å². The number of hydrogen-bond donors (Lipinski definition) is 1. The van der Waals surface area contributed by atoms with E-state index < -0.39 is 0 Å². The Morgan fingerprint density at radius 2 is 1.83 bits per heavy atom. The molecule has 0 aliphatic rings. The third-order valence-corrected chi connectivity index (χ3v) is 4.85. The highest BCUT2D eigenvalue weighted by Crippen LogP contribution is 2.32. The van der Waals surface area contributed by atoms with Crippen LogP contribution in [0, 0.1) is 0 Å². The SMILES string of the molecule is Oc1ccccc1SCc1nc2ccccc2s1. The first-order valence-electron chi connectivity index (χ1n) is 5.58. The number of para-hydroxylation sites is 2. The van der Waals surface area contributed by atoms with E-state index in [9.17, 15) is 5.11 Å². The molecule has 2 nitrogen and oxygen atoms in total. The zero-order valence-corrected chi connectivity index (χ0v) is 11.2. The van der Waals surface area contributed by atoms with Crippen molar-refractivity contribution < 1.29 is 5.11 Å². The zero-order valence-electron chi connectivity index (χ0n) is 9.54. The molecule has 90 valence electrons. The standard InChI is InChI=1S/C14H11NOS2/c16-11-6-2-4-8-13(11)17-9-14-15-10-5-1-3-7-12(10)18-14/h1-8,16H,9H2. The lowest BCUT2D eigenvalue weighted by molar-refractivity contribution is 0.462. The zero-order chi connectivity index (χ0) is 12.4. The van der Waals surface area contributed by atoms with Gasteiger partial charge in [-0.1, -0.05) is 24.3 Å². The van der Waals surface area contributed by atoms with Crippen LogP contribution in [0.4, 0.5) is 0 Å². The van der Waals surface area contributed by atoms with E-state index in [0.29, 0.717) is 5.75 Å². The van der Waals surface area contributed by atoms with Gasteiger partial charge in [-0.15, -0.1) is 23.1 Å². The van der Waals surface area contributed by atoms with Gasteiger partial charge in [-0.05, 0) is 24.3 Å². The van der Waals surface area contributed by atoms with Gasteiger partial charge in [-0.3, -0.25) is 0 Å². The lowest BCUT2D eigenvalue weighted by Gasteiger charge is -2.01. The molecule has 3 rings (SSSR count). The highest BCUT2D eigenvalue weighted by Gasteiger charge is 2.05. The van der Waals surface area contributed by atoms with Gasteiger partial charge in [0.15, 0.2) is 0 Å². The van der Waals surface area contributed by atoms with Crippen molar-refractivity contribution in [1.29, 1.82) is 0 Å². The number of fused-ring (bicyclic) bond motifs is 1. The van der Waals surface area contributed by atoms with Crippen molar-refractivity contribution in [1.82, 2.24) is 4.98 Å². The molecule has 0 bridgehead atoms. The molecule has 1 aromatic heterocycles. The fraction of sp³-hybridized carbons (Fsp3) is 0.0714. The third kappa shape index (κ3) is 2.35. The van der Waals surface area contributed by atoms with E-state index in [2.05, 4.69) is 11.1 Å². The molecule has 18 heavy (non-hydrogen) atoms. The normalized spacial score (nSPS) is 10.9. The van der Waals surface area contributed by atoms with Crippen LogP contribution < -0.4 is 0 Å². The maximum atomic E-state index is 9.69. The predicted molar refractivity (Wildman–Crippen MR) is 77.3 cm³/mol. The number of benzene rings is 2. The molecule has 0 atom stereocenters. The minimum Gasteiger partial charge on any atom is -0.507 e. The number of hydrogen-bond acceptors (Lipinski definition) is 4. The topological polar surface area (TPSA) is 33.1 Å². The summed E-state index contributed by atoms with van der Waals surface area (Å²) in [7, 11) is 0. The first-order chi connectivity index (χ1) is 8.83. The van der Waals surface area contributed by atoms with Crippen molar-refractivity contribution in [2.75, 3.05) is 0 Å². The quantitative estimate of drug-likeness (QED) is 0.722. The molecule has 0 saturated carbocycles. The van der Waals surface area contributed by atoms with Gasteiger partial charge >= 0.3 is 0 Å². The largest absolute Gasteiger partial charge is 0.507 e. The first kappa shape index (κ1) is 11.6. The smallest absolute Gasteiger partial charge is 0.129 e. The summed E-state index contributed by atoms with van der Waals surface area (Å²) in [6.45, 7) is 0. The van der Waals surface area contributed by atoms with Crippen LogP contribution in [0.1, 0.15) is 5.01 Å². The number of phenolic OH excluding ortho intramolecular Hbond substituents is 1. The molecule has 1 N–H and O–H groups in total. The van der Waals surface area contributed by atoms with E-state index in [0.717, 1.165) is 21.2 Å². The lowest BCUT2D eigenvalue weighted by atomic mass is 10.3. The molecule has 3 aromatic rings. The van der Waals surface area contributed by atoms with Crippen LogP contribution in [0.2, 0.25) is 0 Å². The van der Waals surface area contributed by atoms with Crippen LogP contribution in [-0.2, 0) is 5.75 Å². The van der Waals surface area contributed by atoms with E-state index >= 15 is 0 Å². The number of rotatable bonds is 3. The van der Waals surface area contributed by atoms with Crippen LogP contribution in [-0.4, -0.2) is 10.1 Å². The summed E-state index contributed by atoms with van der Waals surface area (Å²) in [6, 6.07) is 15.5. The minimum atomic E-state index is 0.337. The monoisotopic (exact) mass is 273 g/mol. The second-order valence-corrected chi connectivity index (χ2v) is 5.96. The van der Waals surface area contributed by atoms with Gasteiger partial charge in [0.05, 0.1) is 16.0 Å². The highest BCUT2D eigenvalue weighted by atomic mass is 32.2. The lowest BCUT2D eigenvalue weighted by Crippen LogP contribution is -1.78. The average molecular weight is 273 g/mol. The number of aromatic nitrogens is 1. The van der Waals surface area contributed by atoms with E-state index in [4.69, 9.17) is 0 Å². The summed E-state index contributed by atoms with van der Waals surface area (Å²) >= 11 is 3.32. The van der Waals surface area contributed by atoms with Crippen LogP contribution in [0.15, 0.2) is 53.4 Å². The van der Waals surface area contributed by atoms with Gasteiger partial charge < -0.3 is 5.11 Å². The molecule has 4 heteroatoms. The summed E-state index contributed by atoms with van der Waals surface area (Å²) in [5.41, 5.74) is 1.05. The van der Waals surface area contributed by atoms with E-state index in [1.807, 2.05) is 36.4 Å². The number of phenols is 1. The second kappa shape index (κ2) is 5.00. The van der Waals surface area contributed by atoms with Crippen molar-refractivity contribution in [3.05, 3.63) is 53.5 Å². The third-order valence-electron chi connectivity index (χ3n) is 2.55. The number of nitrogens with zero attached hydrogens (tertiary/aromatic N) is 1. The summed E-state index contributed by atoms with van der Waals surface area (Å²) in [4.78, 5) is 5.47. The molecule has 0 spiro atoms. The van der Waals surface area contributed by atoms with E-state index in [1.165, 1.54) is 4.70 Å². The van der Waals surface area contributed by atoms with Crippen LogP contribution >= 0.6 is 23.1 Å². The van der Waals surface area contributed by atoms with Crippen molar-refractivity contribution >= 4 is 33.3 Å². The van der Waals surface area contributed by atoms with Crippen LogP contribution in [0.5, 0.6) is 5.75 Å². The fourth-order valence-corrected chi connectivity index (χ4v) is 3.61. The van der Waals surface area contributed by atoms with Gasteiger partial charge in [-0.25, -0.2) is 4.98 Å². The molecule has 0 fully saturated rings. The Kier molecular flexibility index (Phi) is 3.21. The fourth-order valence-electron chi connectivity index (χ4n) is 1.70. The van der Waals surface area contributed by atoms with Crippen LogP contribution in [0.25, 0.3) is 10.2 Å². The van der Waals surface area contributed by atoms with Gasteiger partial charge in [0.1, 0.15) is 10.8 Å². The molecule has 0 aliphatic carbocycles. The summed E-state index contributed by atoms with van der Waals surface area (Å²) in [5, 5.41) is 10.8. The van der Waals surface area contributed by atoms with Gasteiger partial charge in [0.25, 0.3) is 0 Å². The Labute approximate surface area is 113 Å². The van der Waals surface area contributed by atoms with Crippen molar-refractivity contribution in [2.45, 2.75) is 10.6 Å². The van der Waals surface area contributed by atoms with Gasteiger partial charge in [-0.2, -0.15) is 0 Å². The summed E-state index contributed by atoms with van der Waals surface area (Å²) < 4.78 is 1.21. The predicted octanol–water partition coefficient (Wildman–Crippen LogP) is 4.29. The molecule has 1 heterocycles. The Morgan fingerprint density at radius 1 is 1.06 bits per heavy atom. The Bertz CT molecular complexity index is 645. The maximum absolute atomic E-state index is 9.69. The molecule has 0 radical (unpaired) electrons. The molecule has 2 aromatic carbocycles.